The van der Waals surface area contributed by atoms with Crippen LogP contribution in [0.3, 0.4) is 0 Å². The van der Waals surface area contributed by atoms with Gasteiger partial charge in [0.25, 0.3) is 5.22 Å². The van der Waals surface area contributed by atoms with E-state index in [1.165, 1.54) is 11.8 Å². The van der Waals surface area contributed by atoms with Crippen molar-refractivity contribution in [3.05, 3.63) is 17.8 Å². The third kappa shape index (κ3) is 1.52. The Morgan fingerprint density at radius 1 is 1.62 bits per heavy atom. The van der Waals surface area contributed by atoms with Crippen molar-refractivity contribution >= 4 is 23.0 Å². The van der Waals surface area contributed by atoms with E-state index < -0.39 is 0 Å². The van der Waals surface area contributed by atoms with Crippen LogP contribution in [-0.4, -0.2) is 16.2 Å². The summed E-state index contributed by atoms with van der Waals surface area (Å²) in [7, 11) is 0. The summed E-state index contributed by atoms with van der Waals surface area (Å²) in [5.41, 5.74) is 7.77. The predicted molar refractivity (Wildman–Crippen MR) is 51.5 cm³/mol. The second-order valence-electron chi connectivity index (χ2n) is 2.55. The second kappa shape index (κ2) is 3.35. The van der Waals surface area contributed by atoms with Gasteiger partial charge in [-0.25, -0.2) is 4.98 Å². The van der Waals surface area contributed by atoms with Gasteiger partial charge in [0.2, 0.25) is 0 Å². The van der Waals surface area contributed by atoms with Crippen LogP contribution in [0.1, 0.15) is 5.56 Å². The zero-order valence-corrected chi connectivity index (χ0v) is 7.97. The van der Waals surface area contributed by atoms with Gasteiger partial charge in [0.15, 0.2) is 11.2 Å². The largest absolute Gasteiger partial charge is 0.430 e. The Morgan fingerprint density at radius 2 is 2.46 bits per heavy atom. The molecule has 0 spiro atoms. The molecule has 2 aromatic heterocycles. The molecule has 68 valence electrons. The fourth-order valence-corrected chi connectivity index (χ4v) is 1.39. The molecular weight excluding hydrogens is 186 g/mol. The summed E-state index contributed by atoms with van der Waals surface area (Å²) in [4.78, 5) is 8.27. The van der Waals surface area contributed by atoms with Gasteiger partial charge in [-0.05, 0) is 17.9 Å². The van der Waals surface area contributed by atoms with Crippen molar-refractivity contribution in [3.8, 4) is 0 Å². The van der Waals surface area contributed by atoms with E-state index in [0.717, 1.165) is 5.56 Å². The topological polar surface area (TPSA) is 64.9 Å². The van der Waals surface area contributed by atoms with Crippen molar-refractivity contribution in [1.82, 2.24) is 9.97 Å². The lowest BCUT2D eigenvalue weighted by Gasteiger charge is -1.91. The molecule has 0 unspecified atom stereocenters. The van der Waals surface area contributed by atoms with Gasteiger partial charge in [-0.1, -0.05) is 11.8 Å². The molecular formula is C8H9N3OS. The van der Waals surface area contributed by atoms with E-state index in [1.807, 2.05) is 12.3 Å². The van der Waals surface area contributed by atoms with Crippen molar-refractivity contribution in [3.63, 3.8) is 0 Å². The maximum absolute atomic E-state index is 5.47. The fourth-order valence-electron chi connectivity index (χ4n) is 1.04. The molecule has 0 bridgehead atoms. The average molecular weight is 195 g/mol. The van der Waals surface area contributed by atoms with Crippen molar-refractivity contribution < 1.29 is 4.42 Å². The lowest BCUT2D eigenvalue weighted by molar-refractivity contribution is 0.490. The molecule has 2 aromatic rings. The first-order chi connectivity index (χ1) is 6.33. The Labute approximate surface area is 79.5 Å². The van der Waals surface area contributed by atoms with Crippen molar-refractivity contribution in [2.24, 2.45) is 5.73 Å². The molecule has 4 nitrogen and oxygen atoms in total. The Morgan fingerprint density at radius 3 is 3.15 bits per heavy atom. The third-order valence-corrected chi connectivity index (χ3v) is 2.22. The van der Waals surface area contributed by atoms with Gasteiger partial charge in [0.1, 0.15) is 0 Å². The zero-order valence-electron chi connectivity index (χ0n) is 7.15. The van der Waals surface area contributed by atoms with E-state index in [-0.39, 0.29) is 0 Å². The van der Waals surface area contributed by atoms with E-state index in [4.69, 9.17) is 10.2 Å². The molecule has 5 heteroatoms. The molecule has 0 radical (unpaired) electrons. The number of aromatic nitrogens is 2. The molecule has 0 aliphatic rings. The lowest BCUT2D eigenvalue weighted by atomic mass is 10.3. The minimum absolute atomic E-state index is 0.470. The van der Waals surface area contributed by atoms with Crippen molar-refractivity contribution in [1.29, 1.82) is 0 Å². The highest BCUT2D eigenvalue weighted by Gasteiger charge is 2.05. The normalized spacial score (nSPS) is 10.9. The highest BCUT2D eigenvalue weighted by atomic mass is 32.2. The maximum atomic E-state index is 5.47. The molecule has 0 saturated carbocycles. The molecule has 2 N–H and O–H groups in total. The van der Waals surface area contributed by atoms with Crippen LogP contribution in [0.25, 0.3) is 11.2 Å². The van der Waals surface area contributed by atoms with E-state index >= 15 is 0 Å². The summed E-state index contributed by atoms with van der Waals surface area (Å²) >= 11 is 1.46. The van der Waals surface area contributed by atoms with E-state index in [1.54, 1.807) is 6.20 Å². The van der Waals surface area contributed by atoms with Gasteiger partial charge >= 0.3 is 0 Å². The van der Waals surface area contributed by atoms with Gasteiger partial charge in [-0.2, -0.15) is 4.98 Å². The standard InChI is InChI=1S/C8H9N3OS/c1-13-8-11-7-6(12-8)2-5(3-9)4-10-7/h2,4H,3,9H2,1H3. The van der Waals surface area contributed by atoms with Crippen molar-refractivity contribution in [2.75, 3.05) is 6.26 Å². The average Bonchev–Trinajstić information content (AvgIpc) is 2.58. The number of oxazole rings is 1. The van der Waals surface area contributed by atoms with Gasteiger partial charge in [-0.3, -0.25) is 0 Å². The monoisotopic (exact) mass is 195 g/mol. The van der Waals surface area contributed by atoms with Crippen LogP contribution < -0.4 is 5.73 Å². The van der Waals surface area contributed by atoms with Gasteiger partial charge in [-0.15, -0.1) is 0 Å². The number of hydrogen-bond acceptors (Lipinski definition) is 5. The molecule has 13 heavy (non-hydrogen) atoms. The van der Waals surface area contributed by atoms with Crippen LogP contribution in [0.2, 0.25) is 0 Å². The zero-order chi connectivity index (χ0) is 9.26. The number of nitrogens with zero attached hydrogens (tertiary/aromatic N) is 2. The third-order valence-electron chi connectivity index (χ3n) is 1.69. The van der Waals surface area contributed by atoms with Gasteiger partial charge < -0.3 is 10.2 Å². The first-order valence-electron chi connectivity index (χ1n) is 3.83. The Bertz CT molecular complexity index is 424. The van der Waals surface area contributed by atoms with E-state index in [9.17, 15) is 0 Å². The molecule has 0 amide bonds. The minimum atomic E-state index is 0.470. The van der Waals surface area contributed by atoms with Gasteiger partial charge in [0, 0.05) is 12.7 Å². The Balaban J connectivity index is 2.57. The second-order valence-corrected chi connectivity index (χ2v) is 3.31. The molecule has 2 rings (SSSR count). The summed E-state index contributed by atoms with van der Waals surface area (Å²) in [5, 5.41) is 0.636. The van der Waals surface area contributed by atoms with E-state index in [0.29, 0.717) is 23.0 Å². The van der Waals surface area contributed by atoms with Crippen LogP contribution in [0.4, 0.5) is 0 Å². The SMILES string of the molecule is CSc1nc2ncc(CN)cc2o1. The summed E-state index contributed by atoms with van der Waals surface area (Å²) in [6, 6.07) is 1.87. The molecule has 0 aromatic carbocycles. The maximum Gasteiger partial charge on any atom is 0.258 e. The highest BCUT2D eigenvalue weighted by Crippen LogP contribution is 2.20. The molecule has 0 atom stereocenters. The number of thioether (sulfide) groups is 1. The van der Waals surface area contributed by atoms with Crippen LogP contribution in [-0.2, 0) is 6.54 Å². The van der Waals surface area contributed by atoms with Crippen molar-refractivity contribution in [2.45, 2.75) is 11.8 Å². The molecule has 2 heterocycles. The number of pyridine rings is 1. The first-order valence-corrected chi connectivity index (χ1v) is 5.05. The van der Waals surface area contributed by atoms with Crippen LogP contribution in [0.15, 0.2) is 21.9 Å². The number of nitrogens with two attached hydrogens (primary N) is 1. The van der Waals surface area contributed by atoms with Crippen LogP contribution in [0.5, 0.6) is 0 Å². The predicted octanol–water partition coefficient (Wildman–Crippen LogP) is 1.40. The Hall–Kier alpha value is -1.07. The summed E-state index contributed by atoms with van der Waals surface area (Å²) in [6.07, 6.45) is 3.63. The van der Waals surface area contributed by atoms with Crippen LogP contribution in [0, 0.1) is 0 Å². The molecule has 0 aliphatic carbocycles. The minimum Gasteiger partial charge on any atom is -0.430 e. The van der Waals surface area contributed by atoms with Gasteiger partial charge in [0.05, 0.1) is 0 Å². The summed E-state index contributed by atoms with van der Waals surface area (Å²) in [6.45, 7) is 0.470. The number of rotatable bonds is 2. The number of fused-ring (bicyclic) bond motifs is 1. The fraction of sp³-hybridized carbons (Fsp3) is 0.250. The smallest absolute Gasteiger partial charge is 0.258 e. The first kappa shape index (κ1) is 8.52. The Kier molecular flexibility index (Phi) is 2.20. The number of hydrogen-bond donors (Lipinski definition) is 1. The quantitative estimate of drug-likeness (QED) is 0.734. The summed E-state index contributed by atoms with van der Waals surface area (Å²) in [5.74, 6) is 0. The highest BCUT2D eigenvalue weighted by molar-refractivity contribution is 7.98. The van der Waals surface area contributed by atoms with E-state index in [2.05, 4.69) is 9.97 Å². The van der Waals surface area contributed by atoms with Crippen LogP contribution >= 0.6 is 11.8 Å². The lowest BCUT2D eigenvalue weighted by Crippen LogP contribution is -1.96. The summed E-state index contributed by atoms with van der Waals surface area (Å²) < 4.78 is 5.39. The molecule has 0 fully saturated rings. The molecule has 0 aliphatic heterocycles. The molecule has 0 saturated heterocycles.